The largest absolute Gasteiger partial charge is 0.353 e. The van der Waals surface area contributed by atoms with Crippen LogP contribution in [0, 0.1) is 5.92 Å². The number of anilines is 1. The van der Waals surface area contributed by atoms with Crippen LogP contribution >= 0.6 is 11.8 Å². The highest BCUT2D eigenvalue weighted by molar-refractivity contribution is 7.99. The highest BCUT2D eigenvalue weighted by atomic mass is 32.2. The average Bonchev–Trinajstić information content (AvgIpc) is 3.04. The van der Waals surface area contributed by atoms with Crippen LogP contribution in [0.2, 0.25) is 0 Å². The first kappa shape index (κ1) is 14.2. The van der Waals surface area contributed by atoms with Gasteiger partial charge in [0, 0.05) is 12.5 Å². The molecule has 20 heavy (non-hydrogen) atoms. The fourth-order valence-corrected chi connectivity index (χ4v) is 5.65. The Bertz CT molecular complexity index is 552. The Kier molecular flexibility index (Phi) is 4.21. The molecule has 1 aromatic heterocycles. The van der Waals surface area contributed by atoms with Crippen molar-refractivity contribution in [3.63, 3.8) is 0 Å². The van der Waals surface area contributed by atoms with E-state index < -0.39 is 9.84 Å². The first-order chi connectivity index (χ1) is 9.62. The molecular weight excluding hydrogens is 296 g/mol. The van der Waals surface area contributed by atoms with E-state index in [1.54, 1.807) is 0 Å². The first-order valence-electron chi connectivity index (χ1n) is 7.07. The Morgan fingerprint density at radius 2 is 2.30 bits per heavy atom. The first-order valence-corrected chi connectivity index (χ1v) is 10.0. The van der Waals surface area contributed by atoms with Crippen LogP contribution in [-0.2, 0) is 9.84 Å². The lowest BCUT2D eigenvalue weighted by Gasteiger charge is -2.20. The van der Waals surface area contributed by atoms with Gasteiger partial charge in [0.25, 0.3) is 0 Å². The molecule has 2 aliphatic heterocycles. The standard InChI is InChI=1S/C12H20N4O2S2/c17-20(18)5-3-10(8-20)11-14-12(16-15-11)13-6-9-2-1-4-19-7-9/h9-10H,1-8H2,(H2,13,14,15,16). The maximum atomic E-state index is 11.5. The quantitative estimate of drug-likeness (QED) is 0.869. The molecule has 0 saturated carbocycles. The van der Waals surface area contributed by atoms with Crippen molar-refractivity contribution in [1.82, 2.24) is 15.2 Å². The lowest BCUT2D eigenvalue weighted by Crippen LogP contribution is -2.20. The van der Waals surface area contributed by atoms with Gasteiger partial charge < -0.3 is 5.32 Å². The SMILES string of the molecule is O=S1(=O)CCC(c2nc(NCC3CCCSC3)n[nH]2)C1. The van der Waals surface area contributed by atoms with E-state index >= 15 is 0 Å². The zero-order valence-corrected chi connectivity index (χ0v) is 13.0. The van der Waals surface area contributed by atoms with Crippen LogP contribution in [0.3, 0.4) is 0 Å². The minimum absolute atomic E-state index is 0.0201. The molecule has 0 bridgehead atoms. The molecule has 2 fully saturated rings. The Morgan fingerprint density at radius 3 is 3.00 bits per heavy atom. The second-order valence-corrected chi connectivity index (χ2v) is 8.99. The lowest BCUT2D eigenvalue weighted by molar-refractivity contribution is 0.547. The Morgan fingerprint density at radius 1 is 1.40 bits per heavy atom. The van der Waals surface area contributed by atoms with Crippen molar-refractivity contribution in [3.05, 3.63) is 5.82 Å². The van der Waals surface area contributed by atoms with Gasteiger partial charge in [-0.2, -0.15) is 16.7 Å². The summed E-state index contributed by atoms with van der Waals surface area (Å²) < 4.78 is 22.9. The van der Waals surface area contributed by atoms with Crippen LogP contribution in [0.15, 0.2) is 0 Å². The summed E-state index contributed by atoms with van der Waals surface area (Å²) in [7, 11) is -2.87. The molecule has 3 rings (SSSR count). The molecule has 0 aromatic carbocycles. The predicted octanol–water partition coefficient (Wildman–Crippen LogP) is 1.26. The smallest absolute Gasteiger partial charge is 0.242 e. The van der Waals surface area contributed by atoms with Crippen molar-refractivity contribution in [2.75, 3.05) is 34.9 Å². The van der Waals surface area contributed by atoms with Crippen LogP contribution in [-0.4, -0.2) is 53.2 Å². The van der Waals surface area contributed by atoms with Gasteiger partial charge in [-0.25, -0.2) is 8.42 Å². The fraction of sp³-hybridized carbons (Fsp3) is 0.833. The topological polar surface area (TPSA) is 87.7 Å². The number of aromatic amines is 1. The normalized spacial score (nSPS) is 29.4. The van der Waals surface area contributed by atoms with Crippen LogP contribution < -0.4 is 5.32 Å². The Labute approximate surface area is 123 Å². The average molecular weight is 316 g/mol. The number of hydrogen-bond acceptors (Lipinski definition) is 6. The van der Waals surface area contributed by atoms with Gasteiger partial charge in [0.1, 0.15) is 5.82 Å². The van der Waals surface area contributed by atoms with Gasteiger partial charge in [0.05, 0.1) is 11.5 Å². The van der Waals surface area contributed by atoms with E-state index in [0.717, 1.165) is 6.54 Å². The van der Waals surface area contributed by atoms with Crippen molar-refractivity contribution in [3.8, 4) is 0 Å². The van der Waals surface area contributed by atoms with Gasteiger partial charge in [-0.15, -0.1) is 5.10 Å². The van der Waals surface area contributed by atoms with Gasteiger partial charge in [0.2, 0.25) is 5.95 Å². The van der Waals surface area contributed by atoms with Gasteiger partial charge in [-0.05, 0) is 36.7 Å². The van der Waals surface area contributed by atoms with E-state index in [1.807, 2.05) is 11.8 Å². The van der Waals surface area contributed by atoms with Crippen molar-refractivity contribution < 1.29 is 8.42 Å². The van der Waals surface area contributed by atoms with Crippen molar-refractivity contribution >= 4 is 27.5 Å². The molecule has 2 saturated heterocycles. The summed E-state index contributed by atoms with van der Waals surface area (Å²) in [6, 6.07) is 0. The number of sulfone groups is 1. The lowest BCUT2D eigenvalue weighted by atomic mass is 10.1. The molecule has 0 aliphatic carbocycles. The van der Waals surface area contributed by atoms with E-state index in [0.29, 0.717) is 24.1 Å². The highest BCUT2D eigenvalue weighted by Gasteiger charge is 2.31. The van der Waals surface area contributed by atoms with Crippen LogP contribution in [0.25, 0.3) is 0 Å². The second kappa shape index (κ2) is 5.93. The molecule has 2 atom stereocenters. The number of aromatic nitrogens is 3. The van der Waals surface area contributed by atoms with E-state index in [4.69, 9.17) is 0 Å². The number of H-pyrrole nitrogens is 1. The zero-order valence-electron chi connectivity index (χ0n) is 11.3. The Balaban J connectivity index is 1.54. The van der Waals surface area contributed by atoms with E-state index in [9.17, 15) is 8.42 Å². The summed E-state index contributed by atoms with van der Waals surface area (Å²) in [5.74, 6) is 4.89. The molecule has 2 aliphatic rings. The molecule has 0 radical (unpaired) electrons. The molecule has 2 unspecified atom stereocenters. The summed E-state index contributed by atoms with van der Waals surface area (Å²) in [5, 5.41) is 10.3. The molecule has 0 amide bonds. The van der Waals surface area contributed by atoms with Crippen LogP contribution in [0.5, 0.6) is 0 Å². The van der Waals surface area contributed by atoms with Crippen molar-refractivity contribution in [2.45, 2.75) is 25.2 Å². The third kappa shape index (κ3) is 3.46. The number of thioether (sulfide) groups is 1. The van der Waals surface area contributed by atoms with E-state index in [1.165, 1.54) is 24.3 Å². The summed E-state index contributed by atoms with van der Waals surface area (Å²) in [6.07, 6.45) is 3.20. The van der Waals surface area contributed by atoms with Crippen LogP contribution in [0.1, 0.15) is 31.0 Å². The molecule has 3 heterocycles. The van der Waals surface area contributed by atoms with Gasteiger partial charge >= 0.3 is 0 Å². The highest BCUT2D eigenvalue weighted by Crippen LogP contribution is 2.27. The van der Waals surface area contributed by atoms with E-state index in [-0.39, 0.29) is 17.4 Å². The summed E-state index contributed by atoms with van der Waals surface area (Å²) >= 11 is 2.01. The zero-order chi connectivity index (χ0) is 14.0. The summed E-state index contributed by atoms with van der Waals surface area (Å²) in [5.41, 5.74) is 0. The van der Waals surface area contributed by atoms with E-state index in [2.05, 4.69) is 20.5 Å². The van der Waals surface area contributed by atoms with Crippen molar-refractivity contribution in [2.24, 2.45) is 5.92 Å². The molecule has 0 spiro atoms. The maximum absolute atomic E-state index is 11.5. The minimum atomic E-state index is -2.87. The minimum Gasteiger partial charge on any atom is -0.353 e. The van der Waals surface area contributed by atoms with Gasteiger partial charge in [-0.3, -0.25) is 5.10 Å². The van der Waals surface area contributed by atoms with Crippen LogP contribution in [0.4, 0.5) is 5.95 Å². The molecule has 112 valence electrons. The Hall–Kier alpha value is -0.760. The number of nitrogens with zero attached hydrogens (tertiary/aromatic N) is 2. The second-order valence-electron chi connectivity index (χ2n) is 5.61. The fourth-order valence-electron chi connectivity index (χ4n) is 2.75. The molecule has 1 aromatic rings. The molecule has 6 nitrogen and oxygen atoms in total. The summed E-state index contributed by atoms with van der Waals surface area (Å²) in [4.78, 5) is 4.39. The number of nitrogens with one attached hydrogen (secondary N) is 2. The maximum Gasteiger partial charge on any atom is 0.242 e. The predicted molar refractivity (Wildman–Crippen MR) is 80.9 cm³/mol. The van der Waals surface area contributed by atoms with Gasteiger partial charge in [-0.1, -0.05) is 0 Å². The molecule has 2 N–H and O–H groups in total. The molecular formula is C12H20N4O2S2. The summed E-state index contributed by atoms with van der Waals surface area (Å²) in [6.45, 7) is 0.896. The number of rotatable bonds is 4. The third-order valence-corrected chi connectivity index (χ3v) is 6.98. The monoisotopic (exact) mass is 316 g/mol. The van der Waals surface area contributed by atoms with Gasteiger partial charge in [0.15, 0.2) is 9.84 Å². The van der Waals surface area contributed by atoms with Crippen molar-refractivity contribution in [1.29, 1.82) is 0 Å². The molecule has 8 heteroatoms. The number of hydrogen-bond donors (Lipinski definition) is 2. The third-order valence-electron chi connectivity index (χ3n) is 3.93.